The Morgan fingerprint density at radius 1 is 0.120 bits per heavy atom. The molecular formula is C93H71N3Si4. The van der Waals surface area contributed by atoms with E-state index in [0.29, 0.717) is 17.5 Å². The molecule has 0 saturated heterocycles. The fourth-order valence-electron chi connectivity index (χ4n) is 16.0. The second-order valence-corrected chi connectivity index (χ2v) is 40.9. The van der Waals surface area contributed by atoms with Crippen LogP contribution in [-0.4, -0.2) is 47.2 Å². The van der Waals surface area contributed by atoms with Crippen LogP contribution in [0, 0.1) is 0 Å². The Balaban J connectivity index is 1.08. The smallest absolute Gasteiger partial charge is 0.179 e. The molecule has 0 atom stereocenters. The van der Waals surface area contributed by atoms with Gasteiger partial charge in [-0.3, -0.25) is 0 Å². The molecule has 0 unspecified atom stereocenters. The van der Waals surface area contributed by atoms with E-state index in [1.165, 1.54) is 83.0 Å². The Labute approximate surface area is 590 Å². The number of benzene rings is 15. The maximum absolute atomic E-state index is 6.10. The summed E-state index contributed by atoms with van der Waals surface area (Å²) in [5.74, 6) is 1.76. The Morgan fingerprint density at radius 2 is 0.250 bits per heavy atom. The van der Waals surface area contributed by atoms with Crippen molar-refractivity contribution in [1.82, 2.24) is 15.0 Å². The van der Waals surface area contributed by atoms with E-state index >= 15 is 0 Å². The van der Waals surface area contributed by atoms with Crippen molar-refractivity contribution in [3.8, 4) is 34.2 Å². The van der Waals surface area contributed by atoms with Gasteiger partial charge in [-0.05, 0) is 83.0 Å². The molecule has 0 bridgehead atoms. The molecule has 0 amide bonds. The van der Waals surface area contributed by atoms with E-state index in [4.69, 9.17) is 15.0 Å². The number of hydrogen-bond acceptors (Lipinski definition) is 3. The van der Waals surface area contributed by atoms with E-state index in [1.807, 2.05) is 0 Å². The Kier molecular flexibility index (Phi) is 17.6. The van der Waals surface area contributed by atoms with Crippen LogP contribution in [0.1, 0.15) is 0 Å². The predicted molar refractivity (Wildman–Crippen MR) is 431 cm³/mol. The Bertz CT molecular complexity index is 4370. The zero-order valence-electron chi connectivity index (χ0n) is 55.3. The van der Waals surface area contributed by atoms with E-state index in [2.05, 4.69) is 431 Å². The summed E-state index contributed by atoms with van der Waals surface area (Å²) in [7, 11) is -13.3. The second kappa shape index (κ2) is 28.0. The first-order valence-corrected chi connectivity index (χ1v) is 42.4. The molecule has 16 rings (SSSR count). The molecule has 0 aliphatic heterocycles. The van der Waals surface area contributed by atoms with Gasteiger partial charge < -0.3 is 0 Å². The van der Waals surface area contributed by atoms with Gasteiger partial charge in [0.15, 0.2) is 49.8 Å². The molecule has 15 aromatic carbocycles. The van der Waals surface area contributed by atoms with Crippen LogP contribution >= 0.6 is 0 Å². The van der Waals surface area contributed by atoms with Crippen LogP contribution in [0.2, 0.25) is 0 Å². The molecular weight excluding hydrogens is 1270 g/mol. The highest BCUT2D eigenvalue weighted by molar-refractivity contribution is 7.23. The summed E-state index contributed by atoms with van der Waals surface area (Å²) in [5, 5.41) is 20.2. The van der Waals surface area contributed by atoms with Crippen molar-refractivity contribution < 1.29 is 0 Å². The van der Waals surface area contributed by atoms with Crippen molar-refractivity contribution in [2.75, 3.05) is 0 Å². The lowest BCUT2D eigenvalue weighted by Crippen LogP contribution is -2.78. The van der Waals surface area contributed by atoms with Crippen LogP contribution in [0.3, 0.4) is 0 Å². The molecule has 1 aromatic heterocycles. The fourth-order valence-corrected chi connectivity index (χ4v) is 35.6. The molecule has 0 N–H and O–H groups in total. The van der Waals surface area contributed by atoms with Gasteiger partial charge in [-0.15, -0.1) is 0 Å². The molecule has 474 valence electrons. The minimum absolute atomic E-state index is 0.587. The third-order valence-electron chi connectivity index (χ3n) is 20.3. The lowest BCUT2D eigenvalue weighted by molar-refractivity contribution is 1.07. The van der Waals surface area contributed by atoms with Gasteiger partial charge in [-0.25, -0.2) is 15.0 Å². The van der Waals surface area contributed by atoms with Gasteiger partial charge in [0.2, 0.25) is 0 Å². The van der Waals surface area contributed by atoms with E-state index in [-0.39, 0.29) is 0 Å². The van der Waals surface area contributed by atoms with Gasteiger partial charge in [0.1, 0.15) is 0 Å². The van der Waals surface area contributed by atoms with Crippen molar-refractivity contribution in [1.29, 1.82) is 0 Å². The first-order valence-electron chi connectivity index (χ1n) is 34.4. The maximum atomic E-state index is 6.10. The molecule has 3 nitrogen and oxygen atoms in total. The normalized spacial score (nSPS) is 11.8. The molecule has 7 heteroatoms. The van der Waals surface area contributed by atoms with Gasteiger partial charge >= 0.3 is 0 Å². The molecule has 0 fully saturated rings. The average molecular weight is 1340 g/mol. The van der Waals surface area contributed by atoms with Crippen molar-refractivity contribution in [3.05, 3.63) is 431 Å². The first-order chi connectivity index (χ1) is 49.6. The van der Waals surface area contributed by atoms with Crippen LogP contribution in [0.25, 0.3) is 34.2 Å². The first kappa shape index (κ1) is 63.0. The number of nitrogens with zero attached hydrogens (tertiary/aromatic N) is 3. The maximum Gasteiger partial charge on any atom is 0.179 e. The molecule has 100 heavy (non-hydrogen) atoms. The van der Waals surface area contributed by atoms with Crippen molar-refractivity contribution in [3.63, 3.8) is 0 Å². The van der Waals surface area contributed by atoms with E-state index in [9.17, 15) is 0 Å². The SMILES string of the molecule is c1ccc(-c2nc(-c3cc([Si](c4ccccc4)(c4ccccc4)c4ccccc4)cc([Si](c4ccccc4)(c4ccccc4)c4ccccc4)c3)nc(-c3cc([Si](c4ccccc4)(c4ccccc4)c4ccccc4)cc([Si](c4ccccc4)(c4ccccc4)c4ccccc4)c3)n2)cc1. The summed E-state index contributed by atoms with van der Waals surface area (Å²) in [5.41, 5.74) is 2.71. The summed E-state index contributed by atoms with van der Waals surface area (Å²) >= 11 is 0. The second-order valence-electron chi connectivity index (χ2n) is 25.7. The van der Waals surface area contributed by atoms with E-state index in [1.54, 1.807) is 0 Å². The molecule has 0 radical (unpaired) electrons. The third kappa shape index (κ3) is 11.2. The summed E-state index contributed by atoms with van der Waals surface area (Å²) in [6.07, 6.45) is 0. The van der Waals surface area contributed by atoms with Crippen LogP contribution < -0.4 is 83.0 Å². The quantitative estimate of drug-likeness (QED) is 0.0598. The van der Waals surface area contributed by atoms with Gasteiger partial charge in [0.05, 0.1) is 0 Å². The Hall–Kier alpha value is -11.8. The van der Waals surface area contributed by atoms with Crippen molar-refractivity contribution >= 4 is 115 Å². The molecule has 1 heterocycles. The van der Waals surface area contributed by atoms with Gasteiger partial charge in [-0.1, -0.05) is 431 Å². The average Bonchev–Trinajstić information content (AvgIpc) is 0.719. The van der Waals surface area contributed by atoms with E-state index < -0.39 is 32.3 Å². The monoisotopic (exact) mass is 1340 g/mol. The summed E-state index contributed by atoms with van der Waals surface area (Å²) in [6.45, 7) is 0. The zero-order chi connectivity index (χ0) is 67.0. The molecule has 0 saturated carbocycles. The molecule has 0 aliphatic carbocycles. The van der Waals surface area contributed by atoms with Gasteiger partial charge in [-0.2, -0.15) is 0 Å². The highest BCUT2D eigenvalue weighted by atomic mass is 28.3. The lowest BCUT2D eigenvalue weighted by atomic mass is 10.1. The topological polar surface area (TPSA) is 38.7 Å². The number of hydrogen-bond donors (Lipinski definition) is 0. The predicted octanol–water partition coefficient (Wildman–Crippen LogP) is 10.4. The minimum atomic E-state index is -3.32. The van der Waals surface area contributed by atoms with E-state index in [0.717, 1.165) is 16.7 Å². The van der Waals surface area contributed by atoms with Crippen molar-refractivity contribution in [2.45, 2.75) is 0 Å². The summed E-state index contributed by atoms with van der Waals surface area (Å²) in [4.78, 5) is 17.8. The van der Waals surface area contributed by atoms with Gasteiger partial charge in [0.25, 0.3) is 0 Å². The Morgan fingerprint density at radius 3 is 0.400 bits per heavy atom. The van der Waals surface area contributed by atoms with Crippen LogP contribution in [-0.2, 0) is 0 Å². The van der Waals surface area contributed by atoms with Crippen LogP contribution in [0.4, 0.5) is 0 Å². The highest BCUT2D eigenvalue weighted by Crippen LogP contribution is 2.28. The third-order valence-corrected chi connectivity index (χ3v) is 39.3. The summed E-state index contributed by atoms with van der Waals surface area (Å²) < 4.78 is 0. The molecule has 16 aromatic rings. The number of aromatic nitrogens is 3. The molecule has 0 spiro atoms. The number of rotatable bonds is 19. The zero-order valence-corrected chi connectivity index (χ0v) is 59.3. The van der Waals surface area contributed by atoms with Crippen LogP contribution in [0.15, 0.2) is 431 Å². The minimum Gasteiger partial charge on any atom is -0.208 e. The van der Waals surface area contributed by atoms with Crippen molar-refractivity contribution in [2.24, 2.45) is 0 Å². The van der Waals surface area contributed by atoms with Gasteiger partial charge in [0, 0.05) is 16.7 Å². The largest absolute Gasteiger partial charge is 0.208 e. The summed E-state index contributed by atoms with van der Waals surface area (Å²) in [6, 6.07) is 161. The lowest BCUT2D eigenvalue weighted by Gasteiger charge is -2.38. The fraction of sp³-hybridized carbons (Fsp3) is 0. The standard InChI is InChI=1S/C93H71N3Si4/c1-14-40-72(41-15-1)91-94-92(73-66-87(97(75-42-16-2-17-43-75,76-44-18-3-19-45-76)77-46-20-4-21-47-77)70-88(67-73)98(78-48-22-5-23-49-78,79-50-24-6-25-51-79)80-52-26-7-27-53-80)96-93(95-91)74-68-89(99(81-54-28-8-29-55-81,82-56-30-9-31-57-82)83-58-32-10-33-59-83)71-90(69-74)100(84-60-34-11-35-61-84,85-62-36-12-37-63-85)86-64-38-13-39-65-86/h1-71H. The molecule has 0 aliphatic rings. The highest BCUT2D eigenvalue weighted by Gasteiger charge is 2.49. The van der Waals surface area contributed by atoms with Crippen LogP contribution in [0.5, 0.6) is 0 Å².